The van der Waals surface area contributed by atoms with E-state index in [2.05, 4.69) is 32.4 Å². The monoisotopic (exact) mass is 652 g/mol. The molecule has 0 saturated carbocycles. The Balaban J connectivity index is 1.32. The summed E-state index contributed by atoms with van der Waals surface area (Å²) in [5.74, 6) is 0.879. The number of halogens is 2. The zero-order chi connectivity index (χ0) is 31.9. The van der Waals surface area contributed by atoms with Crippen LogP contribution in [0.4, 0.5) is 4.39 Å². The molecule has 1 aliphatic rings. The number of aryl methyl sites for hydroxylation is 1. The number of nitrogens with zero attached hydrogens (tertiary/aromatic N) is 3. The highest BCUT2D eigenvalue weighted by Gasteiger charge is 2.22. The molecule has 2 aromatic heterocycles. The molecule has 1 saturated heterocycles. The van der Waals surface area contributed by atoms with Crippen LogP contribution in [0.15, 0.2) is 58.4 Å². The fraction of sp³-hybridized carbons (Fsp3) is 0.424. The third-order valence-corrected chi connectivity index (χ3v) is 9.40. The minimum absolute atomic E-state index is 0.0609. The van der Waals surface area contributed by atoms with Crippen molar-refractivity contribution < 1.29 is 4.39 Å². The molecule has 5 rings (SSSR count). The predicted molar refractivity (Wildman–Crippen MR) is 185 cm³/mol. The number of aromatic amines is 1. The molecule has 0 unspecified atom stereocenters. The van der Waals surface area contributed by atoms with Gasteiger partial charge in [-0.15, -0.1) is 0 Å². The Labute approximate surface area is 272 Å². The van der Waals surface area contributed by atoms with E-state index < -0.39 is 11.5 Å². The highest BCUT2D eigenvalue weighted by molar-refractivity contribution is 7.98. The van der Waals surface area contributed by atoms with Crippen LogP contribution in [0.25, 0.3) is 28.0 Å². The van der Waals surface area contributed by atoms with Gasteiger partial charge in [-0.05, 0) is 86.2 Å². The molecule has 12 heteroatoms. The molecule has 3 atom stereocenters. The van der Waals surface area contributed by atoms with E-state index in [4.69, 9.17) is 28.8 Å². The Morgan fingerprint density at radius 2 is 2.04 bits per heavy atom. The van der Waals surface area contributed by atoms with Crippen LogP contribution in [0, 0.1) is 5.82 Å². The largest absolute Gasteiger partial charge is 0.386 e. The van der Waals surface area contributed by atoms with Gasteiger partial charge in [0.05, 0.1) is 22.9 Å². The number of H-pyrrole nitrogens is 1. The number of aliphatic imine (C=N–C) groups is 1. The summed E-state index contributed by atoms with van der Waals surface area (Å²) in [6, 6.07) is 14.0. The smallest absolute Gasteiger partial charge is 0.354 e. The number of hydrogen-bond donors (Lipinski definition) is 5. The minimum atomic E-state index is -0.511. The summed E-state index contributed by atoms with van der Waals surface area (Å²) in [5, 5.41) is 4.48. The molecule has 0 spiro atoms. The van der Waals surface area contributed by atoms with E-state index in [0.717, 1.165) is 61.8 Å². The predicted octanol–water partition coefficient (Wildman–Crippen LogP) is 5.08. The average Bonchev–Trinajstić information content (AvgIpc) is 3.45. The third-order valence-electron chi connectivity index (χ3n) is 8.36. The lowest BCUT2D eigenvalue weighted by atomic mass is 9.92. The van der Waals surface area contributed by atoms with Crippen LogP contribution in [0.2, 0.25) is 5.02 Å². The summed E-state index contributed by atoms with van der Waals surface area (Å²) in [7, 11) is 0. The maximum atomic E-state index is 15.2. The number of amidine groups is 1. The molecule has 4 aromatic rings. The SMILES string of the molecule is CSC[C@H](N)CCCc1cc(Cl)c(F)c(-c2cc3cn(-c4ccc([C@@H]5CCC[C@@H](CCN=C(N)CN)N5)cc4)c(=O)nc3[nH]2)c1. The second-order valence-corrected chi connectivity index (χ2v) is 13.0. The second kappa shape index (κ2) is 15.4. The van der Waals surface area contributed by atoms with Crippen LogP contribution in [0.3, 0.4) is 0 Å². The van der Waals surface area contributed by atoms with E-state index in [9.17, 15) is 4.79 Å². The molecule has 240 valence electrons. The van der Waals surface area contributed by atoms with Crippen molar-refractivity contribution in [1.82, 2.24) is 19.9 Å². The molecule has 2 aromatic carbocycles. The average molecular weight is 653 g/mol. The van der Waals surface area contributed by atoms with Gasteiger partial charge in [-0.25, -0.2) is 9.18 Å². The number of nitrogens with two attached hydrogens (primary N) is 3. The van der Waals surface area contributed by atoms with Gasteiger partial charge in [-0.1, -0.05) is 30.2 Å². The summed E-state index contributed by atoms with van der Waals surface area (Å²) in [4.78, 5) is 24.8. The Morgan fingerprint density at radius 1 is 1.24 bits per heavy atom. The van der Waals surface area contributed by atoms with Crippen molar-refractivity contribution in [2.75, 3.05) is 25.1 Å². The van der Waals surface area contributed by atoms with Crippen molar-refractivity contribution in [3.63, 3.8) is 0 Å². The van der Waals surface area contributed by atoms with Gasteiger partial charge in [0, 0.05) is 47.6 Å². The normalized spacial score (nSPS) is 18.0. The molecule has 3 heterocycles. The zero-order valence-corrected chi connectivity index (χ0v) is 27.1. The van der Waals surface area contributed by atoms with Gasteiger partial charge in [0.2, 0.25) is 0 Å². The van der Waals surface area contributed by atoms with E-state index in [1.54, 1.807) is 30.1 Å². The summed E-state index contributed by atoms with van der Waals surface area (Å²) in [6.07, 6.45) is 10.4. The van der Waals surface area contributed by atoms with Crippen LogP contribution < -0.4 is 28.2 Å². The number of rotatable bonds is 13. The van der Waals surface area contributed by atoms with Gasteiger partial charge in [0.15, 0.2) is 5.82 Å². The van der Waals surface area contributed by atoms with Gasteiger partial charge in [-0.3, -0.25) is 9.56 Å². The number of fused-ring (bicyclic) bond motifs is 1. The van der Waals surface area contributed by atoms with Crippen LogP contribution in [0.5, 0.6) is 0 Å². The van der Waals surface area contributed by atoms with Crippen LogP contribution in [-0.4, -0.2) is 57.6 Å². The third kappa shape index (κ3) is 8.33. The highest BCUT2D eigenvalue weighted by atomic mass is 35.5. The number of aromatic nitrogens is 3. The highest BCUT2D eigenvalue weighted by Crippen LogP contribution is 2.32. The Hall–Kier alpha value is -3.22. The van der Waals surface area contributed by atoms with Crippen LogP contribution >= 0.6 is 23.4 Å². The Morgan fingerprint density at radius 3 is 2.80 bits per heavy atom. The fourth-order valence-electron chi connectivity index (χ4n) is 5.98. The van der Waals surface area contributed by atoms with Crippen molar-refractivity contribution in [2.45, 2.75) is 63.1 Å². The summed E-state index contributed by atoms with van der Waals surface area (Å²) in [6.45, 7) is 0.935. The minimum Gasteiger partial charge on any atom is -0.386 e. The number of thioether (sulfide) groups is 1. The van der Waals surface area contributed by atoms with Gasteiger partial charge in [0.1, 0.15) is 11.5 Å². The van der Waals surface area contributed by atoms with Crippen LogP contribution in [-0.2, 0) is 6.42 Å². The first-order valence-electron chi connectivity index (χ1n) is 15.5. The first kappa shape index (κ1) is 33.2. The van der Waals surface area contributed by atoms with Gasteiger partial charge in [0.25, 0.3) is 0 Å². The molecule has 1 aliphatic heterocycles. The molecular weight excluding hydrogens is 611 g/mol. The van der Waals surface area contributed by atoms with Gasteiger partial charge >= 0.3 is 5.69 Å². The molecule has 9 nitrogen and oxygen atoms in total. The fourth-order valence-corrected chi connectivity index (χ4v) is 6.82. The van der Waals surface area contributed by atoms with E-state index in [-0.39, 0.29) is 23.7 Å². The van der Waals surface area contributed by atoms with Gasteiger partial charge < -0.3 is 27.5 Å². The first-order chi connectivity index (χ1) is 21.7. The van der Waals surface area contributed by atoms with E-state index in [1.165, 1.54) is 4.57 Å². The lowest BCUT2D eigenvalue weighted by Gasteiger charge is -2.31. The Bertz CT molecular complexity index is 1690. The molecule has 0 bridgehead atoms. The van der Waals surface area contributed by atoms with E-state index in [1.807, 2.05) is 24.5 Å². The van der Waals surface area contributed by atoms with Crippen molar-refractivity contribution in [3.8, 4) is 16.9 Å². The topological polar surface area (TPSA) is 153 Å². The van der Waals surface area contributed by atoms with Crippen molar-refractivity contribution in [3.05, 3.63) is 81.1 Å². The molecule has 8 N–H and O–H groups in total. The van der Waals surface area contributed by atoms with Crippen molar-refractivity contribution in [2.24, 2.45) is 22.2 Å². The lowest BCUT2D eigenvalue weighted by molar-refractivity contribution is 0.315. The number of benzene rings is 2. The van der Waals surface area contributed by atoms with E-state index in [0.29, 0.717) is 46.4 Å². The molecule has 1 fully saturated rings. The standard InChI is InChI=1S/C33H42ClFN8OS/c1-45-19-23(37)5-2-4-20-14-26(31(35)27(34)15-20)29-16-22-18-43(33(44)42-32(22)41-29)25-10-8-21(9-11-25)28-7-3-6-24(40-28)12-13-39-30(38)17-36/h8-11,14-16,18,23-24,28,40H,2-7,12-13,17,19,36-37H2,1H3,(H2,38,39)(H,41,42,44)/t23-,24+,28+/m1/s1. The first-order valence-corrected chi connectivity index (χ1v) is 17.2. The van der Waals surface area contributed by atoms with Crippen LogP contribution in [0.1, 0.15) is 55.7 Å². The number of hydrogen-bond acceptors (Lipinski definition) is 7. The van der Waals surface area contributed by atoms with E-state index >= 15 is 4.39 Å². The zero-order valence-electron chi connectivity index (χ0n) is 25.6. The maximum Gasteiger partial charge on any atom is 0.354 e. The molecular formula is C33H42ClFN8OS. The molecule has 45 heavy (non-hydrogen) atoms. The Kier molecular flexibility index (Phi) is 11.3. The summed E-state index contributed by atoms with van der Waals surface area (Å²) < 4.78 is 16.7. The lowest BCUT2D eigenvalue weighted by Crippen LogP contribution is -2.37. The quantitative estimate of drug-likeness (QED) is 0.0998. The van der Waals surface area contributed by atoms with Crippen molar-refractivity contribution in [1.29, 1.82) is 0 Å². The maximum absolute atomic E-state index is 15.2. The number of nitrogens with one attached hydrogen (secondary N) is 2. The van der Waals surface area contributed by atoms with Gasteiger partial charge in [-0.2, -0.15) is 16.7 Å². The molecule has 0 amide bonds. The number of piperidine rings is 1. The molecule has 0 aliphatic carbocycles. The molecule has 0 radical (unpaired) electrons. The second-order valence-electron chi connectivity index (χ2n) is 11.7. The van der Waals surface area contributed by atoms with Crippen molar-refractivity contribution >= 4 is 40.2 Å². The summed E-state index contributed by atoms with van der Waals surface area (Å²) >= 11 is 8.03. The summed E-state index contributed by atoms with van der Waals surface area (Å²) in [5.41, 5.74) is 21.0.